The Morgan fingerprint density at radius 1 is 1.40 bits per heavy atom. The monoisotopic (exact) mass is 356 g/mol. The van der Waals surface area contributed by atoms with Crippen LogP contribution in [0.1, 0.15) is 23.3 Å². The average molecular weight is 356 g/mol. The number of nitrogens with zero attached hydrogens (tertiary/aromatic N) is 4. The molecule has 3 aromatic heterocycles. The van der Waals surface area contributed by atoms with Crippen LogP contribution in [0.15, 0.2) is 46.7 Å². The van der Waals surface area contributed by atoms with E-state index in [-0.39, 0.29) is 12.0 Å². The summed E-state index contributed by atoms with van der Waals surface area (Å²) in [7, 11) is 0. The van der Waals surface area contributed by atoms with Gasteiger partial charge in [0, 0.05) is 24.9 Å². The van der Waals surface area contributed by atoms with Crippen molar-refractivity contribution in [3.63, 3.8) is 0 Å². The predicted octanol–water partition coefficient (Wildman–Crippen LogP) is 2.88. The smallest absolute Gasteiger partial charge is 0.276 e. The fourth-order valence-corrected chi connectivity index (χ4v) is 3.48. The standard InChI is InChI=1S/C17H16N4O3S/c22-17(13-9-14(24-20-13)15-4-2-8-25-15)21-7-1-3-12(10-21)23-16-5-6-18-11-19-16/h2,4-6,8-9,11-12H,1,3,7,10H2. The lowest BCUT2D eigenvalue weighted by molar-refractivity contribution is 0.0518. The van der Waals surface area contributed by atoms with E-state index < -0.39 is 0 Å². The Hall–Kier alpha value is -2.74. The second-order valence-electron chi connectivity index (χ2n) is 5.73. The van der Waals surface area contributed by atoms with E-state index in [1.807, 2.05) is 17.5 Å². The summed E-state index contributed by atoms with van der Waals surface area (Å²) in [6, 6.07) is 7.28. The summed E-state index contributed by atoms with van der Waals surface area (Å²) >= 11 is 1.55. The van der Waals surface area contributed by atoms with E-state index >= 15 is 0 Å². The molecule has 1 saturated heterocycles. The van der Waals surface area contributed by atoms with Gasteiger partial charge in [-0.15, -0.1) is 11.3 Å². The van der Waals surface area contributed by atoms with Gasteiger partial charge in [0.15, 0.2) is 11.5 Å². The lowest BCUT2D eigenvalue weighted by Crippen LogP contribution is -2.44. The van der Waals surface area contributed by atoms with Crippen molar-refractivity contribution in [2.75, 3.05) is 13.1 Å². The number of aromatic nitrogens is 3. The number of thiophene rings is 1. The fourth-order valence-electron chi connectivity index (χ4n) is 2.81. The van der Waals surface area contributed by atoms with Gasteiger partial charge in [0.2, 0.25) is 5.88 Å². The van der Waals surface area contributed by atoms with Crippen LogP contribution >= 0.6 is 11.3 Å². The molecule has 1 fully saturated rings. The lowest BCUT2D eigenvalue weighted by Gasteiger charge is -2.32. The third-order valence-electron chi connectivity index (χ3n) is 4.00. The zero-order chi connectivity index (χ0) is 17.1. The Bertz CT molecular complexity index is 835. The van der Waals surface area contributed by atoms with E-state index in [1.165, 1.54) is 6.33 Å². The molecule has 8 heteroatoms. The second kappa shape index (κ2) is 7.02. The molecule has 1 aliphatic rings. The van der Waals surface area contributed by atoms with Gasteiger partial charge < -0.3 is 14.2 Å². The topological polar surface area (TPSA) is 81.4 Å². The van der Waals surface area contributed by atoms with Crippen molar-refractivity contribution < 1.29 is 14.1 Å². The number of amides is 1. The first-order valence-electron chi connectivity index (χ1n) is 8.02. The van der Waals surface area contributed by atoms with Crippen molar-refractivity contribution in [2.24, 2.45) is 0 Å². The highest BCUT2D eigenvalue weighted by atomic mass is 32.1. The molecule has 1 aliphatic heterocycles. The SMILES string of the molecule is O=C(c1cc(-c2cccs2)on1)N1CCCC(Oc2ccncn2)C1. The Balaban J connectivity index is 1.43. The van der Waals surface area contributed by atoms with Crippen molar-refractivity contribution in [1.29, 1.82) is 0 Å². The van der Waals surface area contributed by atoms with Gasteiger partial charge in [-0.05, 0) is 24.3 Å². The average Bonchev–Trinajstić information content (AvgIpc) is 3.34. The quantitative estimate of drug-likeness (QED) is 0.715. The van der Waals surface area contributed by atoms with Gasteiger partial charge in [-0.1, -0.05) is 11.2 Å². The summed E-state index contributed by atoms with van der Waals surface area (Å²) in [5, 5.41) is 5.89. The van der Waals surface area contributed by atoms with Crippen LogP contribution in [0, 0.1) is 0 Å². The molecule has 0 saturated carbocycles. The van der Waals surface area contributed by atoms with Crippen LogP contribution in [0.25, 0.3) is 10.6 Å². The van der Waals surface area contributed by atoms with Crippen LogP contribution in [0.5, 0.6) is 5.88 Å². The second-order valence-corrected chi connectivity index (χ2v) is 6.68. The van der Waals surface area contributed by atoms with Crippen LogP contribution in [-0.4, -0.2) is 45.1 Å². The molecule has 0 spiro atoms. The van der Waals surface area contributed by atoms with E-state index in [4.69, 9.17) is 9.26 Å². The number of carbonyl (C=O) groups excluding carboxylic acids is 1. The molecule has 7 nitrogen and oxygen atoms in total. The molecule has 25 heavy (non-hydrogen) atoms. The van der Waals surface area contributed by atoms with Crippen molar-refractivity contribution in [3.05, 3.63) is 47.9 Å². The number of hydrogen-bond donors (Lipinski definition) is 0. The summed E-state index contributed by atoms with van der Waals surface area (Å²) in [5.74, 6) is 1.00. The minimum atomic E-state index is -0.137. The van der Waals surface area contributed by atoms with E-state index in [2.05, 4.69) is 15.1 Å². The van der Waals surface area contributed by atoms with Crippen LogP contribution in [0.2, 0.25) is 0 Å². The fraction of sp³-hybridized carbons (Fsp3) is 0.294. The number of rotatable bonds is 4. The molecule has 0 aliphatic carbocycles. The zero-order valence-electron chi connectivity index (χ0n) is 13.4. The third-order valence-corrected chi connectivity index (χ3v) is 4.89. The Labute approximate surface area is 148 Å². The summed E-state index contributed by atoms with van der Waals surface area (Å²) in [6.45, 7) is 1.19. The summed E-state index contributed by atoms with van der Waals surface area (Å²) < 4.78 is 11.2. The normalized spacial score (nSPS) is 17.4. The van der Waals surface area contributed by atoms with Gasteiger partial charge in [-0.2, -0.15) is 0 Å². The predicted molar refractivity (Wildman–Crippen MR) is 91.4 cm³/mol. The summed E-state index contributed by atoms with van der Waals surface area (Å²) in [5.41, 5.74) is 0.325. The van der Waals surface area contributed by atoms with Crippen molar-refractivity contribution in [3.8, 4) is 16.5 Å². The maximum Gasteiger partial charge on any atom is 0.276 e. The molecule has 0 N–H and O–H groups in total. The van der Waals surface area contributed by atoms with Crippen LogP contribution in [0.3, 0.4) is 0 Å². The third kappa shape index (κ3) is 3.53. The lowest BCUT2D eigenvalue weighted by atomic mass is 10.1. The largest absolute Gasteiger partial charge is 0.472 e. The van der Waals surface area contributed by atoms with Crippen molar-refractivity contribution in [1.82, 2.24) is 20.0 Å². The molecule has 1 unspecified atom stereocenters. The molecular weight excluding hydrogens is 340 g/mol. The molecule has 4 heterocycles. The van der Waals surface area contributed by atoms with E-state index in [0.717, 1.165) is 17.7 Å². The Kier molecular flexibility index (Phi) is 4.43. The molecule has 4 rings (SSSR count). The van der Waals surface area contributed by atoms with Crippen LogP contribution in [0.4, 0.5) is 0 Å². The Morgan fingerprint density at radius 2 is 2.36 bits per heavy atom. The first-order valence-corrected chi connectivity index (χ1v) is 8.90. The van der Waals surface area contributed by atoms with Crippen LogP contribution in [-0.2, 0) is 0 Å². The van der Waals surface area contributed by atoms with E-state index in [9.17, 15) is 4.79 Å². The number of hydrogen-bond acceptors (Lipinski definition) is 7. The first kappa shape index (κ1) is 15.8. The van der Waals surface area contributed by atoms with Crippen LogP contribution < -0.4 is 4.74 Å². The van der Waals surface area contributed by atoms with Gasteiger partial charge in [0.1, 0.15) is 12.4 Å². The van der Waals surface area contributed by atoms with Crippen molar-refractivity contribution in [2.45, 2.75) is 18.9 Å². The minimum absolute atomic E-state index is 0.0868. The zero-order valence-corrected chi connectivity index (χ0v) is 14.2. The van der Waals surface area contributed by atoms with Crippen molar-refractivity contribution >= 4 is 17.2 Å². The molecule has 0 radical (unpaired) electrons. The molecule has 1 amide bonds. The molecular formula is C17H16N4O3S. The molecule has 3 aromatic rings. The van der Waals surface area contributed by atoms with Gasteiger partial charge in [0.05, 0.1) is 11.4 Å². The number of carbonyl (C=O) groups is 1. The Morgan fingerprint density at radius 3 is 3.16 bits per heavy atom. The molecule has 0 aromatic carbocycles. The maximum atomic E-state index is 12.7. The van der Waals surface area contributed by atoms with Gasteiger partial charge in [0.25, 0.3) is 5.91 Å². The molecule has 128 valence electrons. The first-order chi connectivity index (χ1) is 12.3. The number of ether oxygens (including phenoxy) is 1. The molecule has 1 atom stereocenters. The highest BCUT2D eigenvalue weighted by Gasteiger charge is 2.28. The summed E-state index contributed by atoms with van der Waals surface area (Å²) in [6.07, 6.45) is 4.75. The van der Waals surface area contributed by atoms with Gasteiger partial charge in [-0.3, -0.25) is 4.79 Å². The van der Waals surface area contributed by atoms with E-state index in [1.54, 1.807) is 34.6 Å². The summed E-state index contributed by atoms with van der Waals surface area (Å²) in [4.78, 5) is 23.4. The molecule has 0 bridgehead atoms. The highest BCUT2D eigenvalue weighted by Crippen LogP contribution is 2.26. The van der Waals surface area contributed by atoms with Gasteiger partial charge in [-0.25, -0.2) is 9.97 Å². The van der Waals surface area contributed by atoms with Gasteiger partial charge >= 0.3 is 0 Å². The maximum absolute atomic E-state index is 12.7. The minimum Gasteiger partial charge on any atom is -0.472 e. The number of likely N-dealkylation sites (tertiary alicyclic amines) is 1. The number of piperidine rings is 1. The van der Waals surface area contributed by atoms with E-state index in [0.29, 0.717) is 30.4 Å². The highest BCUT2D eigenvalue weighted by molar-refractivity contribution is 7.13.